The van der Waals surface area contributed by atoms with Gasteiger partial charge in [0.2, 0.25) is 0 Å². The second kappa shape index (κ2) is 7.85. The third-order valence-electron chi connectivity index (χ3n) is 6.95. The van der Waals surface area contributed by atoms with Gasteiger partial charge in [-0.05, 0) is 79.7 Å². The van der Waals surface area contributed by atoms with Crippen molar-refractivity contribution < 1.29 is 18.6 Å². The molecule has 0 saturated carbocycles. The predicted molar refractivity (Wildman–Crippen MR) is 114 cm³/mol. The van der Waals surface area contributed by atoms with Gasteiger partial charge < -0.3 is 18.6 Å². The smallest absolute Gasteiger partial charge is 0.400 e. The highest BCUT2D eigenvalue weighted by Crippen LogP contribution is 2.43. The van der Waals surface area contributed by atoms with Gasteiger partial charge in [0.1, 0.15) is 0 Å². The topological polar surface area (TPSA) is 36.9 Å². The van der Waals surface area contributed by atoms with E-state index in [1.54, 1.807) is 0 Å². The van der Waals surface area contributed by atoms with Crippen LogP contribution >= 0.6 is 0 Å². The van der Waals surface area contributed by atoms with Crippen molar-refractivity contribution >= 4 is 14.2 Å². The lowest BCUT2D eigenvalue weighted by Crippen LogP contribution is -2.41. The summed E-state index contributed by atoms with van der Waals surface area (Å²) < 4.78 is 25.4. The maximum Gasteiger partial charge on any atom is 0.489 e. The molecule has 2 rings (SSSR count). The van der Waals surface area contributed by atoms with E-state index in [2.05, 4.69) is 69.2 Å². The molecule has 2 heterocycles. The largest absolute Gasteiger partial charge is 0.489 e. The van der Waals surface area contributed by atoms with E-state index < -0.39 is 0 Å². The van der Waals surface area contributed by atoms with Crippen LogP contribution in [0.4, 0.5) is 0 Å². The molecule has 0 amide bonds. The lowest BCUT2D eigenvalue weighted by atomic mass is 9.63. The molecule has 0 aromatic carbocycles. The fraction of sp³-hybridized carbons (Fsp3) is 0.905. The van der Waals surface area contributed by atoms with Crippen molar-refractivity contribution in [2.75, 3.05) is 0 Å². The van der Waals surface area contributed by atoms with Gasteiger partial charge >= 0.3 is 14.2 Å². The van der Waals surface area contributed by atoms with Crippen molar-refractivity contribution in [3.63, 3.8) is 0 Å². The molecule has 0 atom stereocenters. The van der Waals surface area contributed by atoms with Crippen LogP contribution in [0.5, 0.6) is 0 Å². The second-order valence-corrected chi connectivity index (χ2v) is 10.2. The van der Waals surface area contributed by atoms with Crippen LogP contribution in [0.1, 0.15) is 101 Å². The summed E-state index contributed by atoms with van der Waals surface area (Å²) in [6.45, 7) is 21.1. The Hall–Kier alpha value is -0.290. The molecule has 2 fully saturated rings. The minimum atomic E-state index is -0.352. The van der Waals surface area contributed by atoms with Crippen LogP contribution in [-0.4, -0.2) is 36.6 Å². The Bertz CT molecular complexity index is 535. The van der Waals surface area contributed by atoms with E-state index in [9.17, 15) is 0 Å². The van der Waals surface area contributed by atoms with Gasteiger partial charge in [0.05, 0.1) is 22.4 Å². The summed E-state index contributed by atoms with van der Waals surface area (Å²) in [7, 11) is -0.689. The van der Waals surface area contributed by atoms with Crippen molar-refractivity contribution in [1.29, 1.82) is 0 Å². The number of allylic oxidation sites excluding steroid dienone is 2. The number of unbranched alkanes of at least 4 members (excludes halogenated alkanes) is 3. The van der Waals surface area contributed by atoms with E-state index in [0.717, 1.165) is 18.3 Å². The molecule has 2 aliphatic heterocycles. The Balaban J connectivity index is 2.28. The zero-order valence-electron chi connectivity index (χ0n) is 19.3. The van der Waals surface area contributed by atoms with Crippen LogP contribution in [0, 0.1) is 0 Å². The third kappa shape index (κ3) is 4.66. The van der Waals surface area contributed by atoms with Crippen molar-refractivity contribution in [2.45, 2.75) is 124 Å². The summed E-state index contributed by atoms with van der Waals surface area (Å²) in [4.78, 5) is 0. The summed E-state index contributed by atoms with van der Waals surface area (Å²) in [5.41, 5.74) is 0.905. The van der Waals surface area contributed by atoms with Gasteiger partial charge in [-0.2, -0.15) is 0 Å². The molecule has 4 nitrogen and oxygen atoms in total. The Morgan fingerprint density at radius 1 is 0.630 bits per heavy atom. The van der Waals surface area contributed by atoms with E-state index in [4.69, 9.17) is 18.6 Å². The second-order valence-electron chi connectivity index (χ2n) is 10.2. The first-order valence-electron chi connectivity index (χ1n) is 10.6. The molecule has 154 valence electrons. The molecule has 0 aliphatic carbocycles. The highest BCUT2D eigenvalue weighted by atomic mass is 16.7. The first-order valence-corrected chi connectivity index (χ1v) is 10.6. The molecule has 2 aliphatic rings. The average Bonchev–Trinajstić information content (AvgIpc) is 2.86. The number of hydrogen-bond acceptors (Lipinski definition) is 4. The Labute approximate surface area is 168 Å². The van der Waals surface area contributed by atoms with Gasteiger partial charge in [-0.25, -0.2) is 0 Å². The van der Waals surface area contributed by atoms with Crippen molar-refractivity contribution in [1.82, 2.24) is 0 Å². The van der Waals surface area contributed by atoms with Gasteiger partial charge in [0, 0.05) is 0 Å². The zero-order valence-corrected chi connectivity index (χ0v) is 19.3. The van der Waals surface area contributed by atoms with Crippen LogP contribution in [0.2, 0.25) is 0 Å². The third-order valence-corrected chi connectivity index (χ3v) is 6.95. The summed E-state index contributed by atoms with van der Waals surface area (Å²) in [5.74, 6) is 0. The van der Waals surface area contributed by atoms with Gasteiger partial charge in [-0.15, -0.1) is 0 Å². The lowest BCUT2D eigenvalue weighted by Gasteiger charge is -2.32. The number of rotatable bonds is 7. The number of hydrogen-bond donors (Lipinski definition) is 0. The summed E-state index contributed by atoms with van der Waals surface area (Å²) in [6.07, 6.45) is 5.78. The molecule has 0 aromatic rings. The summed E-state index contributed by atoms with van der Waals surface area (Å²) in [6, 6.07) is 0. The average molecular weight is 378 g/mol. The molecule has 0 radical (unpaired) electrons. The quantitative estimate of drug-likeness (QED) is 0.431. The van der Waals surface area contributed by atoms with E-state index in [0.29, 0.717) is 0 Å². The maximum absolute atomic E-state index is 6.38. The summed E-state index contributed by atoms with van der Waals surface area (Å²) in [5, 5.41) is 0. The van der Waals surface area contributed by atoms with Crippen LogP contribution in [-0.2, 0) is 18.6 Å². The molecule has 0 spiro atoms. The monoisotopic (exact) mass is 378 g/mol. The van der Waals surface area contributed by atoms with Crippen LogP contribution in [0.15, 0.2) is 10.9 Å². The molecule has 6 heteroatoms. The van der Waals surface area contributed by atoms with Crippen LogP contribution in [0.25, 0.3) is 0 Å². The molecule has 2 saturated heterocycles. The van der Waals surface area contributed by atoms with E-state index >= 15 is 0 Å². The Morgan fingerprint density at radius 3 is 1.44 bits per heavy atom. The highest BCUT2D eigenvalue weighted by Gasteiger charge is 2.55. The van der Waals surface area contributed by atoms with E-state index in [1.165, 1.54) is 24.7 Å². The standard InChI is InChI=1S/C21H40B2O4/c1-11-12-13-14-15-17(23-26-20(7,8)21(9,10)27-23)16(2)22-24-18(3,4)19(5,6)25-22/h11-15H2,1-10H3/b17-16-. The van der Waals surface area contributed by atoms with Gasteiger partial charge in [-0.3, -0.25) is 0 Å². The molecule has 0 N–H and O–H groups in total. The van der Waals surface area contributed by atoms with Gasteiger partial charge in [0.25, 0.3) is 0 Å². The Kier molecular flexibility index (Phi) is 6.69. The van der Waals surface area contributed by atoms with Crippen molar-refractivity contribution in [3.8, 4) is 0 Å². The first kappa shape index (κ1) is 23.0. The fourth-order valence-electron chi connectivity index (χ4n) is 3.40. The Morgan fingerprint density at radius 2 is 1.04 bits per heavy atom. The minimum Gasteiger partial charge on any atom is -0.400 e. The van der Waals surface area contributed by atoms with E-state index in [1.807, 2.05) is 0 Å². The highest BCUT2D eigenvalue weighted by molar-refractivity contribution is 6.62. The van der Waals surface area contributed by atoms with Crippen molar-refractivity contribution in [2.24, 2.45) is 0 Å². The van der Waals surface area contributed by atoms with Crippen LogP contribution < -0.4 is 0 Å². The fourth-order valence-corrected chi connectivity index (χ4v) is 3.40. The maximum atomic E-state index is 6.38. The normalized spacial score (nSPS) is 26.4. The molecule has 0 unspecified atom stereocenters. The SMILES string of the molecule is CCCCCC/C(B1OC(C)(C)C(C)(C)O1)=C(\C)B1OC(C)(C)C(C)(C)O1. The van der Waals surface area contributed by atoms with Gasteiger partial charge in [0.15, 0.2) is 0 Å². The summed E-state index contributed by atoms with van der Waals surface area (Å²) >= 11 is 0. The lowest BCUT2D eigenvalue weighted by molar-refractivity contribution is 0.00578. The van der Waals surface area contributed by atoms with Gasteiger partial charge in [-0.1, -0.05) is 32.6 Å². The van der Waals surface area contributed by atoms with Crippen molar-refractivity contribution in [3.05, 3.63) is 10.9 Å². The molecule has 0 aromatic heterocycles. The zero-order chi connectivity index (χ0) is 20.7. The molecular formula is C21H40B2O4. The molecule has 27 heavy (non-hydrogen) atoms. The predicted octanol–water partition coefficient (Wildman–Crippen LogP) is 5.54. The van der Waals surface area contributed by atoms with Crippen LogP contribution in [0.3, 0.4) is 0 Å². The first-order chi connectivity index (χ1) is 12.2. The molecule has 0 bridgehead atoms. The van der Waals surface area contributed by atoms with E-state index in [-0.39, 0.29) is 36.6 Å². The molecular weight excluding hydrogens is 338 g/mol. The minimum absolute atomic E-state index is 0.337.